The van der Waals surface area contributed by atoms with Crippen LogP contribution in [-0.4, -0.2) is 36.3 Å². The first-order chi connectivity index (χ1) is 12.9. The molecule has 0 spiro atoms. The molecule has 0 aliphatic rings. The number of benzene rings is 1. The van der Waals surface area contributed by atoms with Crippen molar-refractivity contribution in [1.29, 1.82) is 0 Å². The highest BCUT2D eigenvalue weighted by Crippen LogP contribution is 2.36. The summed E-state index contributed by atoms with van der Waals surface area (Å²) in [7, 11) is -6.06. The predicted octanol–water partition coefficient (Wildman–Crippen LogP) is 3.54. The molecule has 0 amide bonds. The fourth-order valence-electron chi connectivity index (χ4n) is 2.27. The number of ether oxygens (including phenoxy) is 1. The molecule has 0 atom stereocenters. The zero-order valence-corrected chi connectivity index (χ0v) is 15.8. The van der Waals surface area contributed by atoms with Gasteiger partial charge in [0.05, 0.1) is 17.9 Å². The third-order valence-electron chi connectivity index (χ3n) is 3.47. The molecule has 1 aromatic carbocycles. The molecule has 28 heavy (non-hydrogen) atoms. The molecule has 0 fully saturated rings. The molecular weight excluding hydrogens is 408 g/mol. The minimum Gasteiger partial charge on any atom is -0.461 e. The Balaban J connectivity index is 2.77. The van der Waals surface area contributed by atoms with Gasteiger partial charge in [-0.2, -0.15) is 31.4 Å². The molecule has 0 bridgehead atoms. The normalized spacial score (nSPS) is 12.3. The van der Waals surface area contributed by atoms with Crippen molar-refractivity contribution in [3.63, 3.8) is 0 Å². The van der Waals surface area contributed by atoms with E-state index in [4.69, 9.17) is 4.74 Å². The zero-order chi connectivity index (χ0) is 21.3. The van der Waals surface area contributed by atoms with Crippen molar-refractivity contribution in [3.05, 3.63) is 41.3 Å². The minimum atomic E-state index is -6.06. The summed E-state index contributed by atoms with van der Waals surface area (Å²) in [4.78, 5) is 12.2. The number of nitrogens with zero attached hydrogens (tertiary/aromatic N) is 2. The van der Waals surface area contributed by atoms with Crippen LogP contribution in [-0.2, 0) is 14.9 Å². The number of esters is 1. The van der Waals surface area contributed by atoms with Gasteiger partial charge in [0.1, 0.15) is 5.82 Å². The summed E-state index contributed by atoms with van der Waals surface area (Å²) in [6.07, 6.45) is 0. The molecule has 0 radical (unpaired) electrons. The number of carbonyl (C=O) groups excluding carboxylic acids is 1. The van der Waals surface area contributed by atoms with Crippen LogP contribution in [0.15, 0.2) is 24.3 Å². The van der Waals surface area contributed by atoms with E-state index in [1.165, 1.54) is 20.8 Å². The number of hydrogen-bond acceptors (Lipinski definition) is 6. The van der Waals surface area contributed by atoms with Crippen molar-refractivity contribution in [2.45, 2.75) is 32.2 Å². The fraction of sp³-hybridized carbons (Fsp3) is 0.375. The topological polar surface area (TPSA) is 87.5 Å². The number of aromatic nitrogens is 2. The molecule has 1 heterocycles. The van der Waals surface area contributed by atoms with Gasteiger partial charge in [0.2, 0.25) is 5.88 Å². The summed E-state index contributed by atoms with van der Waals surface area (Å²) in [5, 5.41) is 3.88. The monoisotopic (exact) mass is 424 g/mol. The second-order valence-corrected chi connectivity index (χ2v) is 7.35. The Bertz CT molecular complexity index is 966. The van der Waals surface area contributed by atoms with E-state index in [2.05, 4.69) is 9.28 Å². The quantitative estimate of drug-likeness (QED) is 0.305. The molecule has 12 heteroatoms. The molecular formula is C16H16F4N2O5S. The Morgan fingerprint density at radius 1 is 1.21 bits per heavy atom. The first-order valence-electron chi connectivity index (χ1n) is 7.95. The molecule has 0 aliphatic heterocycles. The van der Waals surface area contributed by atoms with E-state index in [1.54, 1.807) is 0 Å². The van der Waals surface area contributed by atoms with E-state index in [-0.39, 0.29) is 17.9 Å². The fourth-order valence-corrected chi connectivity index (χ4v) is 2.74. The van der Waals surface area contributed by atoms with Crippen LogP contribution >= 0.6 is 0 Å². The number of carbonyl (C=O) groups is 1. The number of hydrogen-bond donors (Lipinski definition) is 0. The van der Waals surface area contributed by atoms with E-state index < -0.39 is 44.9 Å². The average molecular weight is 424 g/mol. The minimum absolute atomic E-state index is 0.0220. The third kappa shape index (κ3) is 4.26. The van der Waals surface area contributed by atoms with Gasteiger partial charge in [0.25, 0.3) is 0 Å². The van der Waals surface area contributed by atoms with Gasteiger partial charge < -0.3 is 8.92 Å². The SMILES string of the molecule is CCOC(=O)c1nn(-c2ccc(F)cc2)c(OS(=O)(=O)C(F)(F)F)c1C(C)C. The van der Waals surface area contributed by atoms with Crippen LogP contribution in [0.5, 0.6) is 5.88 Å². The van der Waals surface area contributed by atoms with Crippen LogP contribution in [0.2, 0.25) is 0 Å². The van der Waals surface area contributed by atoms with Crippen molar-refractivity contribution < 1.29 is 39.7 Å². The summed E-state index contributed by atoms with van der Waals surface area (Å²) in [5.41, 5.74) is -6.33. The molecule has 0 saturated carbocycles. The lowest BCUT2D eigenvalue weighted by Crippen LogP contribution is -2.29. The van der Waals surface area contributed by atoms with E-state index in [9.17, 15) is 30.8 Å². The lowest BCUT2D eigenvalue weighted by molar-refractivity contribution is -0.0502. The maximum absolute atomic E-state index is 13.2. The van der Waals surface area contributed by atoms with Crippen molar-refractivity contribution in [3.8, 4) is 11.6 Å². The highest BCUT2D eigenvalue weighted by atomic mass is 32.2. The van der Waals surface area contributed by atoms with Crippen LogP contribution in [0, 0.1) is 5.82 Å². The van der Waals surface area contributed by atoms with Crippen LogP contribution in [0.25, 0.3) is 5.69 Å². The highest BCUT2D eigenvalue weighted by molar-refractivity contribution is 7.88. The lowest BCUT2D eigenvalue weighted by Gasteiger charge is -2.14. The Labute approximate surface area is 158 Å². The van der Waals surface area contributed by atoms with Gasteiger partial charge >= 0.3 is 21.6 Å². The first kappa shape index (κ1) is 21.7. The summed E-state index contributed by atoms with van der Waals surface area (Å²) in [6.45, 7) is 4.47. The number of rotatable bonds is 6. The smallest absolute Gasteiger partial charge is 0.461 e. The van der Waals surface area contributed by atoms with Crippen molar-refractivity contribution >= 4 is 16.1 Å². The number of halogens is 4. The second kappa shape index (κ2) is 7.78. The lowest BCUT2D eigenvalue weighted by atomic mass is 10.0. The molecule has 0 aliphatic carbocycles. The molecule has 7 nitrogen and oxygen atoms in total. The molecule has 0 unspecified atom stereocenters. The van der Waals surface area contributed by atoms with Gasteiger partial charge in [-0.3, -0.25) is 0 Å². The Morgan fingerprint density at radius 2 is 1.79 bits per heavy atom. The molecule has 154 valence electrons. The summed E-state index contributed by atoms with van der Waals surface area (Å²) in [6, 6.07) is 4.24. The van der Waals surface area contributed by atoms with Crippen molar-refractivity contribution in [2.24, 2.45) is 0 Å². The van der Waals surface area contributed by atoms with E-state index in [1.807, 2.05) is 0 Å². The maximum Gasteiger partial charge on any atom is 0.534 e. The van der Waals surface area contributed by atoms with Gasteiger partial charge in [-0.05, 0) is 37.1 Å². The van der Waals surface area contributed by atoms with E-state index in [0.29, 0.717) is 4.68 Å². The molecule has 0 saturated heterocycles. The molecule has 2 aromatic rings. The van der Waals surface area contributed by atoms with Gasteiger partial charge in [0.15, 0.2) is 5.69 Å². The Hall–Kier alpha value is -2.63. The predicted molar refractivity (Wildman–Crippen MR) is 89.2 cm³/mol. The van der Waals surface area contributed by atoms with Crippen LogP contribution < -0.4 is 4.18 Å². The van der Waals surface area contributed by atoms with Crippen molar-refractivity contribution in [1.82, 2.24) is 9.78 Å². The summed E-state index contributed by atoms with van der Waals surface area (Å²) >= 11 is 0. The third-order valence-corrected chi connectivity index (χ3v) is 4.41. The van der Waals surface area contributed by atoms with Gasteiger partial charge in [-0.25, -0.2) is 9.18 Å². The van der Waals surface area contributed by atoms with Gasteiger partial charge in [-0.15, -0.1) is 0 Å². The largest absolute Gasteiger partial charge is 0.534 e. The Morgan fingerprint density at radius 3 is 2.25 bits per heavy atom. The Kier molecular flexibility index (Phi) is 6.02. The van der Waals surface area contributed by atoms with Crippen LogP contribution in [0.4, 0.5) is 17.6 Å². The molecule has 0 N–H and O–H groups in total. The van der Waals surface area contributed by atoms with Gasteiger partial charge in [-0.1, -0.05) is 13.8 Å². The second-order valence-electron chi connectivity index (χ2n) is 5.81. The van der Waals surface area contributed by atoms with Crippen LogP contribution in [0.3, 0.4) is 0 Å². The first-order valence-corrected chi connectivity index (χ1v) is 9.36. The van der Waals surface area contributed by atoms with Gasteiger partial charge in [0, 0.05) is 0 Å². The maximum atomic E-state index is 13.2. The zero-order valence-electron chi connectivity index (χ0n) is 14.9. The highest BCUT2D eigenvalue weighted by Gasteiger charge is 2.50. The molecule has 1 aromatic heterocycles. The van der Waals surface area contributed by atoms with E-state index in [0.717, 1.165) is 24.3 Å². The average Bonchev–Trinajstić information content (AvgIpc) is 2.93. The van der Waals surface area contributed by atoms with Crippen LogP contribution in [0.1, 0.15) is 42.7 Å². The number of alkyl halides is 3. The molecule has 2 rings (SSSR count). The van der Waals surface area contributed by atoms with Crippen molar-refractivity contribution in [2.75, 3.05) is 6.61 Å². The summed E-state index contributed by atoms with van der Waals surface area (Å²) < 4.78 is 84.7. The summed E-state index contributed by atoms with van der Waals surface area (Å²) in [5.74, 6) is -3.11. The van der Waals surface area contributed by atoms with E-state index >= 15 is 0 Å². The standard InChI is InChI=1S/C16H16F4N2O5S/c1-4-26-15(23)13-12(9(2)3)14(27-28(24,25)16(18,19)20)22(21-13)11-7-5-10(17)6-8-11/h5-9H,4H2,1-3H3.